The third-order valence-corrected chi connectivity index (χ3v) is 4.61. The van der Waals surface area contributed by atoms with Gasteiger partial charge in [-0.05, 0) is 62.8 Å². The van der Waals surface area contributed by atoms with Crippen LogP contribution in [0.4, 0.5) is 5.69 Å². The van der Waals surface area contributed by atoms with Crippen molar-refractivity contribution in [3.8, 4) is 0 Å². The molecule has 2 N–H and O–H groups in total. The molecule has 0 saturated heterocycles. The molecule has 0 aliphatic heterocycles. The van der Waals surface area contributed by atoms with E-state index < -0.39 is 0 Å². The number of hydrazone groups is 1. The molecule has 1 aromatic carbocycles. The molecule has 128 valence electrons. The van der Waals surface area contributed by atoms with Crippen LogP contribution in [-0.2, 0) is 4.79 Å². The molecular weight excluding hydrogens is 302 g/mol. The Balaban J connectivity index is 1.53. The molecule has 5 nitrogen and oxygen atoms in total. The van der Waals surface area contributed by atoms with E-state index >= 15 is 0 Å². The second kappa shape index (κ2) is 8.08. The number of carbonyl (C=O) groups is 2. The average Bonchev–Trinajstić information content (AvgIpc) is 3.39. The summed E-state index contributed by atoms with van der Waals surface area (Å²) in [4.78, 5) is 23.9. The largest absolute Gasteiger partial charge is 0.326 e. The zero-order valence-corrected chi connectivity index (χ0v) is 14.0. The van der Waals surface area contributed by atoms with Crippen LogP contribution in [0.2, 0.25) is 0 Å². The Kier molecular flexibility index (Phi) is 5.62. The maximum atomic E-state index is 12.2. The van der Waals surface area contributed by atoms with Crippen LogP contribution < -0.4 is 10.7 Å². The smallest absolute Gasteiger partial charge is 0.271 e. The Labute approximate surface area is 142 Å². The van der Waals surface area contributed by atoms with E-state index in [1.165, 1.54) is 19.3 Å². The van der Waals surface area contributed by atoms with Gasteiger partial charge in [0, 0.05) is 22.9 Å². The molecule has 5 heteroatoms. The van der Waals surface area contributed by atoms with Crippen molar-refractivity contribution in [3.05, 3.63) is 29.8 Å². The lowest BCUT2D eigenvalue weighted by Gasteiger charge is -2.11. The molecule has 0 spiro atoms. The summed E-state index contributed by atoms with van der Waals surface area (Å²) in [6, 6.07) is 6.96. The molecule has 2 amide bonds. The van der Waals surface area contributed by atoms with Gasteiger partial charge in [0.15, 0.2) is 0 Å². The number of rotatable bonds is 4. The van der Waals surface area contributed by atoms with Crippen molar-refractivity contribution in [1.82, 2.24) is 5.43 Å². The first-order valence-corrected chi connectivity index (χ1v) is 8.99. The molecule has 1 aromatic rings. The van der Waals surface area contributed by atoms with Crippen LogP contribution >= 0.6 is 0 Å². The Bertz CT molecular complexity index is 608. The predicted octanol–water partition coefficient (Wildman–Crippen LogP) is 3.87. The zero-order valence-electron chi connectivity index (χ0n) is 14.0. The quantitative estimate of drug-likeness (QED) is 0.824. The molecule has 0 unspecified atom stereocenters. The van der Waals surface area contributed by atoms with Gasteiger partial charge in [-0.1, -0.05) is 19.3 Å². The van der Waals surface area contributed by atoms with Crippen LogP contribution in [0.5, 0.6) is 0 Å². The van der Waals surface area contributed by atoms with Gasteiger partial charge in [-0.2, -0.15) is 5.10 Å². The van der Waals surface area contributed by atoms with E-state index in [2.05, 4.69) is 15.8 Å². The normalized spacial score (nSPS) is 18.2. The lowest BCUT2D eigenvalue weighted by Crippen LogP contribution is -2.20. The zero-order chi connectivity index (χ0) is 16.8. The van der Waals surface area contributed by atoms with Crippen molar-refractivity contribution >= 4 is 23.2 Å². The molecule has 0 atom stereocenters. The number of hydrogen-bond donors (Lipinski definition) is 2. The highest BCUT2D eigenvalue weighted by atomic mass is 16.2. The van der Waals surface area contributed by atoms with Crippen LogP contribution in [-0.4, -0.2) is 17.5 Å². The number of hydrogen-bond acceptors (Lipinski definition) is 3. The summed E-state index contributed by atoms with van der Waals surface area (Å²) in [5, 5.41) is 7.18. The third-order valence-electron chi connectivity index (χ3n) is 4.61. The van der Waals surface area contributed by atoms with Gasteiger partial charge in [0.2, 0.25) is 5.91 Å². The first kappa shape index (κ1) is 16.7. The molecule has 2 aliphatic carbocycles. The van der Waals surface area contributed by atoms with E-state index in [0.29, 0.717) is 5.56 Å². The van der Waals surface area contributed by atoms with Gasteiger partial charge < -0.3 is 5.32 Å². The number of nitrogens with zero attached hydrogens (tertiary/aromatic N) is 1. The SMILES string of the molecule is O=C(NN=C1CCCCCCC1)c1ccc(NC(=O)C2CC2)cc1. The summed E-state index contributed by atoms with van der Waals surface area (Å²) < 4.78 is 0. The Morgan fingerprint density at radius 3 is 2.17 bits per heavy atom. The Morgan fingerprint density at radius 2 is 1.54 bits per heavy atom. The first-order valence-electron chi connectivity index (χ1n) is 8.99. The highest BCUT2D eigenvalue weighted by Crippen LogP contribution is 2.30. The van der Waals surface area contributed by atoms with Gasteiger partial charge in [-0.3, -0.25) is 9.59 Å². The van der Waals surface area contributed by atoms with Crippen LogP contribution in [0.15, 0.2) is 29.4 Å². The fourth-order valence-electron chi connectivity index (χ4n) is 2.91. The maximum absolute atomic E-state index is 12.2. The maximum Gasteiger partial charge on any atom is 0.271 e. The van der Waals surface area contributed by atoms with Gasteiger partial charge in [0.25, 0.3) is 5.91 Å². The van der Waals surface area contributed by atoms with E-state index in [1.54, 1.807) is 24.3 Å². The number of amides is 2. The highest BCUT2D eigenvalue weighted by Gasteiger charge is 2.29. The number of nitrogens with one attached hydrogen (secondary N) is 2. The molecule has 2 aliphatic rings. The minimum atomic E-state index is -0.204. The Morgan fingerprint density at radius 1 is 0.917 bits per heavy atom. The van der Waals surface area contributed by atoms with Crippen molar-refractivity contribution in [3.63, 3.8) is 0 Å². The van der Waals surface area contributed by atoms with Gasteiger partial charge in [0.05, 0.1) is 0 Å². The summed E-state index contributed by atoms with van der Waals surface area (Å²) in [5.41, 5.74) is 5.04. The summed E-state index contributed by atoms with van der Waals surface area (Å²) >= 11 is 0. The molecule has 0 aromatic heterocycles. The van der Waals surface area contributed by atoms with E-state index in [9.17, 15) is 9.59 Å². The predicted molar refractivity (Wildman–Crippen MR) is 95.0 cm³/mol. The topological polar surface area (TPSA) is 70.6 Å². The average molecular weight is 327 g/mol. The van der Waals surface area contributed by atoms with E-state index in [-0.39, 0.29) is 17.7 Å². The fraction of sp³-hybridized carbons (Fsp3) is 0.526. The van der Waals surface area contributed by atoms with Crippen LogP contribution in [0.3, 0.4) is 0 Å². The minimum absolute atomic E-state index is 0.0721. The number of anilines is 1. The third kappa shape index (κ3) is 4.91. The summed E-state index contributed by atoms with van der Waals surface area (Å²) in [6.45, 7) is 0. The Hall–Kier alpha value is -2.17. The molecule has 24 heavy (non-hydrogen) atoms. The summed E-state index contributed by atoms with van der Waals surface area (Å²) in [7, 11) is 0. The standard InChI is InChI=1S/C19H25N3O2/c23-18(14-8-9-14)20-16-12-10-15(11-13-16)19(24)22-21-17-6-4-2-1-3-5-7-17/h10-14H,1-9H2,(H,20,23)(H,22,24). The highest BCUT2D eigenvalue weighted by molar-refractivity contribution is 5.97. The second-order valence-corrected chi connectivity index (χ2v) is 6.73. The summed E-state index contributed by atoms with van der Waals surface area (Å²) in [6.07, 6.45) is 10.0. The van der Waals surface area contributed by atoms with Crippen LogP contribution in [0.1, 0.15) is 68.1 Å². The van der Waals surface area contributed by atoms with Crippen molar-refractivity contribution in [2.45, 2.75) is 57.8 Å². The molecule has 0 heterocycles. The number of benzene rings is 1. The summed E-state index contributed by atoms with van der Waals surface area (Å²) in [5.74, 6) is 0.0417. The molecular formula is C19H25N3O2. The molecule has 0 radical (unpaired) electrons. The monoisotopic (exact) mass is 327 g/mol. The minimum Gasteiger partial charge on any atom is -0.326 e. The van der Waals surface area contributed by atoms with E-state index in [1.807, 2.05) is 0 Å². The van der Waals surface area contributed by atoms with Crippen LogP contribution in [0, 0.1) is 5.92 Å². The molecule has 2 saturated carbocycles. The molecule has 0 bridgehead atoms. The first-order chi connectivity index (χ1) is 11.7. The second-order valence-electron chi connectivity index (χ2n) is 6.73. The van der Waals surface area contributed by atoms with Crippen molar-refractivity contribution in [1.29, 1.82) is 0 Å². The number of carbonyl (C=O) groups excluding carboxylic acids is 2. The van der Waals surface area contributed by atoms with Crippen LogP contribution in [0.25, 0.3) is 0 Å². The molecule has 3 rings (SSSR count). The lowest BCUT2D eigenvalue weighted by atomic mass is 9.99. The van der Waals surface area contributed by atoms with E-state index in [4.69, 9.17) is 0 Å². The van der Waals surface area contributed by atoms with Crippen molar-refractivity contribution in [2.24, 2.45) is 11.0 Å². The van der Waals surface area contributed by atoms with Crippen molar-refractivity contribution < 1.29 is 9.59 Å². The van der Waals surface area contributed by atoms with E-state index in [0.717, 1.165) is 49.9 Å². The fourth-order valence-corrected chi connectivity index (χ4v) is 2.91. The van der Waals surface area contributed by atoms with Crippen molar-refractivity contribution in [2.75, 3.05) is 5.32 Å². The van der Waals surface area contributed by atoms with Gasteiger partial charge in [-0.15, -0.1) is 0 Å². The van der Waals surface area contributed by atoms with Gasteiger partial charge in [0.1, 0.15) is 0 Å². The lowest BCUT2D eigenvalue weighted by molar-refractivity contribution is -0.117. The van der Waals surface area contributed by atoms with Gasteiger partial charge in [-0.25, -0.2) is 5.43 Å². The molecule has 2 fully saturated rings. The van der Waals surface area contributed by atoms with Gasteiger partial charge >= 0.3 is 0 Å².